The Morgan fingerprint density at radius 3 is 2.60 bits per heavy atom. The molecule has 5 heteroatoms. The second-order valence-electron chi connectivity index (χ2n) is 5.44. The quantitative estimate of drug-likeness (QED) is 0.871. The Morgan fingerprint density at radius 1 is 1.40 bits per heavy atom. The summed E-state index contributed by atoms with van der Waals surface area (Å²) in [6, 6.07) is 5.27. The van der Waals surface area contributed by atoms with Gasteiger partial charge in [-0.3, -0.25) is 4.79 Å². The van der Waals surface area contributed by atoms with Crippen LogP contribution in [0, 0.1) is 11.7 Å². The Morgan fingerprint density at radius 2 is 2.05 bits per heavy atom. The fourth-order valence-electron chi connectivity index (χ4n) is 2.80. The topological polar surface area (TPSA) is 49.3 Å². The normalized spacial score (nSPS) is 24.4. The molecular weight excluding hydrogens is 325 g/mol. The predicted molar refractivity (Wildman–Crippen MR) is 79.0 cm³/mol. The standard InChI is InChI=1S/C15H19BrFNO2/c1-9(13-7-4-11(16)8-14(13)17)18-12-5-2-10(3-6-12)15(19)20/h4,7-10,12,18H,2-3,5-6H2,1H3,(H,19,20). The van der Waals surface area contributed by atoms with Crippen molar-refractivity contribution in [3.8, 4) is 0 Å². The van der Waals surface area contributed by atoms with Gasteiger partial charge in [-0.25, -0.2) is 4.39 Å². The number of hydrogen-bond acceptors (Lipinski definition) is 2. The van der Waals surface area contributed by atoms with Crippen molar-refractivity contribution < 1.29 is 14.3 Å². The number of rotatable bonds is 4. The number of benzene rings is 1. The molecule has 2 N–H and O–H groups in total. The summed E-state index contributed by atoms with van der Waals surface area (Å²) in [5.74, 6) is -1.14. The summed E-state index contributed by atoms with van der Waals surface area (Å²) in [6.07, 6.45) is 3.06. The zero-order valence-corrected chi connectivity index (χ0v) is 13.0. The van der Waals surface area contributed by atoms with E-state index in [1.54, 1.807) is 6.07 Å². The van der Waals surface area contributed by atoms with Crippen molar-refractivity contribution in [2.45, 2.75) is 44.7 Å². The largest absolute Gasteiger partial charge is 0.481 e. The van der Waals surface area contributed by atoms with Crippen LogP contribution in [0.5, 0.6) is 0 Å². The number of nitrogens with one attached hydrogen (secondary N) is 1. The lowest BCUT2D eigenvalue weighted by atomic mass is 9.85. The molecule has 1 fully saturated rings. The minimum atomic E-state index is -0.699. The van der Waals surface area contributed by atoms with E-state index in [1.165, 1.54) is 6.07 Å². The molecule has 0 saturated heterocycles. The van der Waals surface area contributed by atoms with Crippen LogP contribution in [0.1, 0.15) is 44.2 Å². The number of halogens is 2. The highest BCUT2D eigenvalue weighted by molar-refractivity contribution is 9.10. The Balaban J connectivity index is 1.92. The summed E-state index contributed by atoms with van der Waals surface area (Å²) in [6.45, 7) is 1.94. The van der Waals surface area contributed by atoms with E-state index in [4.69, 9.17) is 5.11 Å². The Kier molecular flexibility index (Phi) is 5.16. The first-order valence-electron chi connectivity index (χ1n) is 6.91. The Bertz CT molecular complexity index is 487. The maximum atomic E-state index is 13.9. The van der Waals surface area contributed by atoms with Crippen LogP contribution in [0.3, 0.4) is 0 Å². The maximum Gasteiger partial charge on any atom is 0.306 e. The molecule has 1 aromatic rings. The molecule has 0 radical (unpaired) electrons. The highest BCUT2D eigenvalue weighted by atomic mass is 79.9. The van der Waals surface area contributed by atoms with E-state index in [2.05, 4.69) is 21.2 Å². The molecule has 0 bridgehead atoms. The van der Waals surface area contributed by atoms with E-state index in [9.17, 15) is 9.18 Å². The molecule has 1 unspecified atom stereocenters. The second kappa shape index (κ2) is 6.68. The van der Waals surface area contributed by atoms with Crippen LogP contribution >= 0.6 is 15.9 Å². The highest BCUT2D eigenvalue weighted by Crippen LogP contribution is 2.27. The summed E-state index contributed by atoms with van der Waals surface area (Å²) in [5.41, 5.74) is 0.647. The molecule has 1 atom stereocenters. The van der Waals surface area contributed by atoms with Gasteiger partial charge in [0.1, 0.15) is 5.82 Å². The van der Waals surface area contributed by atoms with Crippen molar-refractivity contribution in [1.82, 2.24) is 5.32 Å². The van der Waals surface area contributed by atoms with Crippen molar-refractivity contribution in [1.29, 1.82) is 0 Å². The van der Waals surface area contributed by atoms with Crippen molar-refractivity contribution in [3.05, 3.63) is 34.1 Å². The number of carboxylic acids is 1. The SMILES string of the molecule is CC(NC1CCC(C(=O)O)CC1)c1ccc(Br)cc1F. The molecule has 1 aliphatic carbocycles. The Labute approximate surface area is 126 Å². The molecule has 0 aromatic heterocycles. The van der Waals surface area contributed by atoms with Gasteiger partial charge in [-0.2, -0.15) is 0 Å². The predicted octanol–water partition coefficient (Wildman–Crippen LogP) is 3.88. The molecule has 0 amide bonds. The third kappa shape index (κ3) is 3.79. The zero-order chi connectivity index (χ0) is 14.7. The number of hydrogen-bond donors (Lipinski definition) is 2. The summed E-state index contributed by atoms with van der Waals surface area (Å²) >= 11 is 3.25. The molecule has 0 heterocycles. The number of aliphatic carboxylic acids is 1. The zero-order valence-electron chi connectivity index (χ0n) is 11.4. The average molecular weight is 344 g/mol. The number of carbonyl (C=O) groups is 1. The van der Waals surface area contributed by atoms with E-state index < -0.39 is 5.97 Å². The van der Waals surface area contributed by atoms with Gasteiger partial charge in [0.25, 0.3) is 0 Å². The molecule has 1 aliphatic rings. The van der Waals surface area contributed by atoms with Gasteiger partial charge in [-0.1, -0.05) is 22.0 Å². The first-order valence-corrected chi connectivity index (χ1v) is 7.70. The lowest BCUT2D eigenvalue weighted by Crippen LogP contribution is -2.36. The molecule has 0 aliphatic heterocycles. The van der Waals surface area contributed by atoms with E-state index in [-0.39, 0.29) is 23.8 Å². The molecule has 2 rings (SSSR count). The fraction of sp³-hybridized carbons (Fsp3) is 0.533. The fourth-order valence-corrected chi connectivity index (χ4v) is 3.14. The van der Waals surface area contributed by atoms with Crippen molar-refractivity contribution >= 4 is 21.9 Å². The maximum absolute atomic E-state index is 13.9. The van der Waals surface area contributed by atoms with Crippen LogP contribution in [0.15, 0.2) is 22.7 Å². The summed E-state index contributed by atoms with van der Waals surface area (Å²) < 4.78 is 14.6. The van der Waals surface area contributed by atoms with Crippen LogP contribution in [0.4, 0.5) is 4.39 Å². The van der Waals surface area contributed by atoms with Crippen LogP contribution in [0.2, 0.25) is 0 Å². The first-order chi connectivity index (χ1) is 9.47. The van der Waals surface area contributed by atoms with Crippen LogP contribution in [-0.2, 0) is 4.79 Å². The molecule has 1 aromatic carbocycles. The lowest BCUT2D eigenvalue weighted by Gasteiger charge is -2.29. The van der Waals surface area contributed by atoms with Crippen molar-refractivity contribution in [2.75, 3.05) is 0 Å². The molecule has 3 nitrogen and oxygen atoms in total. The van der Waals surface area contributed by atoms with Crippen LogP contribution in [-0.4, -0.2) is 17.1 Å². The smallest absolute Gasteiger partial charge is 0.306 e. The van der Waals surface area contributed by atoms with Gasteiger partial charge in [0.2, 0.25) is 0 Å². The van der Waals surface area contributed by atoms with E-state index in [0.29, 0.717) is 18.4 Å². The highest BCUT2D eigenvalue weighted by Gasteiger charge is 2.27. The Hall–Kier alpha value is -0.940. The molecule has 1 saturated carbocycles. The first kappa shape index (κ1) is 15.4. The van der Waals surface area contributed by atoms with Gasteiger partial charge in [0.05, 0.1) is 5.92 Å². The minimum absolute atomic E-state index is 0.0746. The van der Waals surface area contributed by atoms with Gasteiger partial charge >= 0.3 is 5.97 Å². The van der Waals surface area contributed by atoms with Gasteiger partial charge in [0.15, 0.2) is 0 Å². The lowest BCUT2D eigenvalue weighted by molar-refractivity contribution is -0.142. The third-order valence-electron chi connectivity index (χ3n) is 3.99. The van der Waals surface area contributed by atoms with Crippen molar-refractivity contribution in [2.24, 2.45) is 5.92 Å². The molecule has 20 heavy (non-hydrogen) atoms. The molecular formula is C15H19BrFNO2. The van der Waals surface area contributed by atoms with E-state index in [0.717, 1.165) is 17.3 Å². The van der Waals surface area contributed by atoms with Gasteiger partial charge in [-0.05, 0) is 44.7 Å². The van der Waals surface area contributed by atoms with Crippen molar-refractivity contribution in [3.63, 3.8) is 0 Å². The number of carboxylic acid groups (broad SMARTS) is 1. The molecule has 110 valence electrons. The van der Waals surface area contributed by atoms with Gasteiger partial charge in [-0.15, -0.1) is 0 Å². The summed E-state index contributed by atoms with van der Waals surface area (Å²) in [5, 5.41) is 12.4. The van der Waals surface area contributed by atoms with Crippen LogP contribution in [0.25, 0.3) is 0 Å². The monoisotopic (exact) mass is 343 g/mol. The van der Waals surface area contributed by atoms with Crippen LogP contribution < -0.4 is 5.32 Å². The second-order valence-corrected chi connectivity index (χ2v) is 6.36. The van der Waals surface area contributed by atoms with Gasteiger partial charge < -0.3 is 10.4 Å². The average Bonchev–Trinajstić information content (AvgIpc) is 2.39. The minimum Gasteiger partial charge on any atom is -0.481 e. The summed E-state index contributed by atoms with van der Waals surface area (Å²) in [4.78, 5) is 10.9. The van der Waals surface area contributed by atoms with E-state index >= 15 is 0 Å². The van der Waals surface area contributed by atoms with Gasteiger partial charge in [0, 0.05) is 22.1 Å². The summed E-state index contributed by atoms with van der Waals surface area (Å²) in [7, 11) is 0. The van der Waals surface area contributed by atoms with E-state index in [1.807, 2.05) is 13.0 Å². The molecule has 0 spiro atoms. The third-order valence-corrected chi connectivity index (χ3v) is 4.48.